The molecule has 1 heteroatoms. The Labute approximate surface area is 56.6 Å². The average Bonchev–Trinajstić information content (AvgIpc) is 2.18. The van der Waals surface area contributed by atoms with Crippen molar-refractivity contribution in [1.29, 1.82) is 0 Å². The summed E-state index contributed by atoms with van der Waals surface area (Å²) in [5.41, 5.74) is 5.77. The topological polar surface area (TPSA) is 26.0 Å². The van der Waals surface area contributed by atoms with Gasteiger partial charge in [-0.15, -0.1) is 12.3 Å². The fourth-order valence-corrected chi connectivity index (χ4v) is 1.47. The lowest BCUT2D eigenvalue weighted by Gasteiger charge is -2.09. The van der Waals surface area contributed by atoms with Crippen molar-refractivity contribution in [3.63, 3.8) is 0 Å². The summed E-state index contributed by atoms with van der Waals surface area (Å²) < 4.78 is 0. The van der Waals surface area contributed by atoms with Crippen LogP contribution in [0.4, 0.5) is 0 Å². The Morgan fingerprint density at radius 2 is 2.33 bits per heavy atom. The summed E-state index contributed by atoms with van der Waals surface area (Å²) in [4.78, 5) is 0. The molecule has 0 aliphatic heterocycles. The third-order valence-corrected chi connectivity index (χ3v) is 2.10. The zero-order valence-corrected chi connectivity index (χ0v) is 5.64. The van der Waals surface area contributed by atoms with Gasteiger partial charge in [0, 0.05) is 12.5 Å². The highest BCUT2D eigenvalue weighted by Gasteiger charge is 2.22. The van der Waals surface area contributed by atoms with Gasteiger partial charge in [0.2, 0.25) is 0 Å². The van der Waals surface area contributed by atoms with Gasteiger partial charge in [-0.2, -0.15) is 0 Å². The van der Waals surface area contributed by atoms with E-state index < -0.39 is 0 Å². The van der Waals surface area contributed by atoms with Crippen molar-refractivity contribution in [2.24, 2.45) is 11.7 Å². The summed E-state index contributed by atoms with van der Waals surface area (Å²) in [6, 6.07) is 0.390. The van der Waals surface area contributed by atoms with E-state index in [0.717, 1.165) is 6.42 Å². The van der Waals surface area contributed by atoms with Gasteiger partial charge in [-0.25, -0.2) is 0 Å². The van der Waals surface area contributed by atoms with Crippen molar-refractivity contribution < 1.29 is 0 Å². The average molecular weight is 123 g/mol. The Kier molecular flexibility index (Phi) is 2.13. The number of rotatable bonds is 1. The molecule has 0 bridgehead atoms. The van der Waals surface area contributed by atoms with Gasteiger partial charge in [-0.05, 0) is 18.8 Å². The second-order valence-electron chi connectivity index (χ2n) is 2.76. The fourth-order valence-electron chi connectivity index (χ4n) is 1.47. The summed E-state index contributed by atoms with van der Waals surface area (Å²) in [6.07, 6.45) is 9.73. The van der Waals surface area contributed by atoms with E-state index in [2.05, 4.69) is 5.92 Å². The van der Waals surface area contributed by atoms with Crippen molar-refractivity contribution in [3.05, 3.63) is 0 Å². The second kappa shape index (κ2) is 2.89. The molecule has 1 aliphatic rings. The molecule has 0 amide bonds. The maximum atomic E-state index is 5.77. The van der Waals surface area contributed by atoms with Crippen LogP contribution in [0.5, 0.6) is 0 Å². The molecule has 2 atom stereocenters. The van der Waals surface area contributed by atoms with Gasteiger partial charge >= 0.3 is 0 Å². The number of hydrogen-bond donors (Lipinski definition) is 1. The summed E-state index contributed by atoms with van der Waals surface area (Å²) in [7, 11) is 0. The van der Waals surface area contributed by atoms with Gasteiger partial charge in [0.25, 0.3) is 0 Å². The first-order valence-electron chi connectivity index (χ1n) is 3.53. The molecule has 2 N–H and O–H groups in total. The van der Waals surface area contributed by atoms with E-state index in [0.29, 0.717) is 12.0 Å². The third-order valence-electron chi connectivity index (χ3n) is 2.10. The van der Waals surface area contributed by atoms with Gasteiger partial charge in [-0.1, -0.05) is 6.42 Å². The maximum absolute atomic E-state index is 5.77. The number of hydrogen-bond acceptors (Lipinski definition) is 1. The first-order chi connectivity index (χ1) is 4.34. The largest absolute Gasteiger partial charge is 0.327 e. The van der Waals surface area contributed by atoms with Crippen LogP contribution in [-0.2, 0) is 0 Å². The monoisotopic (exact) mass is 123 g/mol. The molecule has 0 spiro atoms. The van der Waals surface area contributed by atoms with Crippen LogP contribution in [0.15, 0.2) is 0 Å². The Morgan fingerprint density at radius 1 is 1.56 bits per heavy atom. The minimum atomic E-state index is 0.390. The van der Waals surface area contributed by atoms with E-state index in [1.54, 1.807) is 0 Å². The van der Waals surface area contributed by atoms with Gasteiger partial charge in [0.05, 0.1) is 0 Å². The molecule has 1 aliphatic carbocycles. The SMILES string of the molecule is C#CC[C@@H]1CCC[C@@H]1N. The van der Waals surface area contributed by atoms with Crippen LogP contribution >= 0.6 is 0 Å². The maximum Gasteiger partial charge on any atom is 0.0129 e. The highest BCUT2D eigenvalue weighted by atomic mass is 14.7. The molecule has 0 radical (unpaired) electrons. The Hall–Kier alpha value is -0.480. The fraction of sp³-hybridized carbons (Fsp3) is 0.750. The van der Waals surface area contributed by atoms with E-state index in [1.165, 1.54) is 19.3 Å². The van der Waals surface area contributed by atoms with Crippen molar-refractivity contribution in [2.45, 2.75) is 31.7 Å². The van der Waals surface area contributed by atoms with Gasteiger partial charge in [-0.3, -0.25) is 0 Å². The van der Waals surface area contributed by atoms with Crippen LogP contribution in [0.25, 0.3) is 0 Å². The second-order valence-corrected chi connectivity index (χ2v) is 2.76. The molecule has 0 aromatic carbocycles. The summed E-state index contributed by atoms with van der Waals surface area (Å²) in [5, 5.41) is 0. The van der Waals surface area contributed by atoms with Crippen LogP contribution in [0.2, 0.25) is 0 Å². The normalized spacial score (nSPS) is 34.2. The van der Waals surface area contributed by atoms with Crippen molar-refractivity contribution in [1.82, 2.24) is 0 Å². The van der Waals surface area contributed by atoms with Crippen LogP contribution in [-0.4, -0.2) is 6.04 Å². The highest BCUT2D eigenvalue weighted by Crippen LogP contribution is 2.25. The first kappa shape index (κ1) is 6.64. The van der Waals surface area contributed by atoms with Gasteiger partial charge in [0.1, 0.15) is 0 Å². The van der Waals surface area contributed by atoms with Gasteiger partial charge in [0.15, 0.2) is 0 Å². The van der Waals surface area contributed by atoms with Crippen molar-refractivity contribution >= 4 is 0 Å². The first-order valence-corrected chi connectivity index (χ1v) is 3.53. The van der Waals surface area contributed by atoms with E-state index in [-0.39, 0.29) is 0 Å². The van der Waals surface area contributed by atoms with Crippen LogP contribution < -0.4 is 5.73 Å². The molecule has 1 saturated carbocycles. The predicted octanol–water partition coefficient (Wildman–Crippen LogP) is 1.14. The molecule has 9 heavy (non-hydrogen) atoms. The number of nitrogens with two attached hydrogens (primary N) is 1. The van der Waals surface area contributed by atoms with Crippen LogP contribution in [0.3, 0.4) is 0 Å². The Morgan fingerprint density at radius 3 is 2.78 bits per heavy atom. The van der Waals surface area contributed by atoms with Gasteiger partial charge < -0.3 is 5.73 Å². The predicted molar refractivity (Wildman–Crippen MR) is 38.8 cm³/mol. The third kappa shape index (κ3) is 1.46. The minimum absolute atomic E-state index is 0.390. The summed E-state index contributed by atoms with van der Waals surface area (Å²) in [6.45, 7) is 0. The molecule has 0 unspecified atom stereocenters. The molecule has 50 valence electrons. The molecule has 0 aromatic rings. The van der Waals surface area contributed by atoms with Crippen molar-refractivity contribution in [2.75, 3.05) is 0 Å². The minimum Gasteiger partial charge on any atom is -0.327 e. The molecule has 0 heterocycles. The lowest BCUT2D eigenvalue weighted by Crippen LogP contribution is -2.23. The van der Waals surface area contributed by atoms with Crippen LogP contribution in [0, 0.1) is 18.3 Å². The van der Waals surface area contributed by atoms with E-state index in [9.17, 15) is 0 Å². The molecule has 0 saturated heterocycles. The summed E-state index contributed by atoms with van der Waals surface area (Å²) >= 11 is 0. The zero-order chi connectivity index (χ0) is 6.69. The quantitative estimate of drug-likeness (QED) is 0.520. The molecular formula is C8H13N. The molecule has 1 rings (SSSR count). The Bertz CT molecular complexity index is 123. The summed E-state index contributed by atoms with van der Waals surface area (Å²) in [5.74, 6) is 3.28. The molecule has 0 aromatic heterocycles. The van der Waals surface area contributed by atoms with Crippen LogP contribution in [0.1, 0.15) is 25.7 Å². The molecule has 1 fully saturated rings. The van der Waals surface area contributed by atoms with E-state index in [1.807, 2.05) is 0 Å². The zero-order valence-electron chi connectivity index (χ0n) is 5.64. The molecular weight excluding hydrogens is 110 g/mol. The highest BCUT2D eigenvalue weighted by molar-refractivity contribution is 4.92. The molecule has 1 nitrogen and oxygen atoms in total. The number of terminal acetylenes is 1. The van der Waals surface area contributed by atoms with E-state index in [4.69, 9.17) is 12.2 Å². The lowest BCUT2D eigenvalue weighted by molar-refractivity contribution is 0.494. The van der Waals surface area contributed by atoms with Crippen molar-refractivity contribution in [3.8, 4) is 12.3 Å². The Balaban J connectivity index is 2.33. The lowest BCUT2D eigenvalue weighted by atomic mass is 10.0. The van der Waals surface area contributed by atoms with E-state index >= 15 is 0 Å². The standard InChI is InChI=1S/C8H13N/c1-2-4-7-5-3-6-8(7)9/h1,7-8H,3-6,9H2/t7-,8+/m1/s1. The smallest absolute Gasteiger partial charge is 0.0129 e.